The van der Waals surface area contributed by atoms with Crippen LogP contribution in [0.3, 0.4) is 0 Å². The van der Waals surface area contributed by atoms with Gasteiger partial charge in [0.25, 0.3) is 0 Å². The van der Waals surface area contributed by atoms with Crippen LogP contribution in [0.15, 0.2) is 0 Å². The summed E-state index contributed by atoms with van der Waals surface area (Å²) in [5.41, 5.74) is 0. The van der Waals surface area contributed by atoms with E-state index in [0.717, 1.165) is 0 Å². The first kappa shape index (κ1) is 11.7. The van der Waals surface area contributed by atoms with E-state index in [4.69, 9.17) is 0 Å². The molecular weight excluding hydrogens is 259 g/mol. The molecule has 0 fully saturated rings. The predicted molar refractivity (Wildman–Crippen MR) is 51.1 cm³/mol. The molecule has 2 aromatic rings. The van der Waals surface area contributed by atoms with Gasteiger partial charge in [0.05, 0.1) is 6.04 Å². The molecule has 0 aliphatic heterocycles. The van der Waals surface area contributed by atoms with Crippen LogP contribution in [-0.4, -0.2) is 30.8 Å². The SMILES string of the molecule is CC(Nc1nnc(C(F)(F)F)s1)c1nn[nH]n1. The maximum absolute atomic E-state index is 12.3. The summed E-state index contributed by atoms with van der Waals surface area (Å²) >= 11 is 0.421. The number of halogens is 3. The average molecular weight is 265 g/mol. The van der Waals surface area contributed by atoms with Gasteiger partial charge >= 0.3 is 6.18 Å². The Morgan fingerprint density at radius 2 is 2.06 bits per heavy atom. The highest BCUT2D eigenvalue weighted by atomic mass is 32.1. The van der Waals surface area contributed by atoms with Gasteiger partial charge in [-0.1, -0.05) is 16.6 Å². The second kappa shape index (κ2) is 4.24. The standard InChI is InChI=1S/C6H6F3N7S/c1-2(3-11-15-16-12-3)10-5-14-13-4(17-5)6(7,8)9/h2H,1H3,(H,10,14)(H,11,12,15,16). The van der Waals surface area contributed by atoms with Crippen molar-refractivity contribution >= 4 is 16.5 Å². The summed E-state index contributed by atoms with van der Waals surface area (Å²) in [5.74, 6) is 0.328. The molecule has 92 valence electrons. The van der Waals surface area contributed by atoms with Crippen LogP contribution in [0, 0.1) is 0 Å². The molecule has 0 amide bonds. The fourth-order valence-corrected chi connectivity index (χ4v) is 1.70. The fourth-order valence-electron chi connectivity index (χ4n) is 0.999. The van der Waals surface area contributed by atoms with Gasteiger partial charge in [0.1, 0.15) is 0 Å². The molecule has 2 rings (SSSR count). The number of nitrogens with zero attached hydrogens (tertiary/aromatic N) is 5. The molecule has 7 nitrogen and oxygen atoms in total. The first-order valence-corrected chi connectivity index (χ1v) is 5.19. The Labute approximate surface area is 96.5 Å². The van der Waals surface area contributed by atoms with Gasteiger partial charge in [-0.3, -0.25) is 0 Å². The van der Waals surface area contributed by atoms with Crippen molar-refractivity contribution in [2.75, 3.05) is 5.32 Å². The molecule has 17 heavy (non-hydrogen) atoms. The number of H-pyrrole nitrogens is 1. The minimum Gasteiger partial charge on any atom is -0.350 e. The third kappa shape index (κ3) is 2.67. The lowest BCUT2D eigenvalue weighted by atomic mass is 10.3. The molecule has 0 bridgehead atoms. The fraction of sp³-hybridized carbons (Fsp3) is 0.500. The molecule has 1 atom stereocenters. The molecular formula is C6H6F3N7S. The van der Waals surface area contributed by atoms with E-state index in [1.807, 2.05) is 0 Å². The van der Waals surface area contributed by atoms with Crippen LogP contribution in [0.5, 0.6) is 0 Å². The number of rotatable bonds is 3. The third-order valence-electron chi connectivity index (χ3n) is 1.76. The zero-order valence-corrected chi connectivity index (χ0v) is 9.17. The molecule has 0 aromatic carbocycles. The summed E-state index contributed by atoms with van der Waals surface area (Å²) in [6.07, 6.45) is -4.48. The van der Waals surface area contributed by atoms with Crippen LogP contribution in [0.2, 0.25) is 0 Å². The molecule has 11 heteroatoms. The zero-order chi connectivity index (χ0) is 12.5. The monoisotopic (exact) mass is 265 g/mol. The number of nitrogens with one attached hydrogen (secondary N) is 2. The Bertz CT molecular complexity index is 478. The lowest BCUT2D eigenvalue weighted by molar-refractivity contribution is -0.138. The van der Waals surface area contributed by atoms with Crippen LogP contribution in [0.4, 0.5) is 18.3 Å². The molecule has 2 N–H and O–H groups in total. The summed E-state index contributed by atoms with van der Waals surface area (Å²) in [6.45, 7) is 1.67. The van der Waals surface area contributed by atoms with E-state index in [0.29, 0.717) is 17.2 Å². The van der Waals surface area contributed by atoms with Crippen molar-refractivity contribution in [3.63, 3.8) is 0 Å². The van der Waals surface area contributed by atoms with Crippen molar-refractivity contribution in [2.45, 2.75) is 19.1 Å². The summed E-state index contributed by atoms with van der Waals surface area (Å²) in [4.78, 5) is 0. The van der Waals surface area contributed by atoms with E-state index >= 15 is 0 Å². The first-order valence-electron chi connectivity index (χ1n) is 4.37. The quantitative estimate of drug-likeness (QED) is 0.867. The number of anilines is 1. The Kier molecular flexibility index (Phi) is 2.92. The largest absolute Gasteiger partial charge is 0.445 e. The molecule has 0 aliphatic carbocycles. The number of tetrazole rings is 1. The Hall–Kier alpha value is -1.78. The van der Waals surface area contributed by atoms with Gasteiger partial charge in [0, 0.05) is 0 Å². The molecule has 0 radical (unpaired) electrons. The first-order chi connectivity index (χ1) is 7.97. The molecule has 1 unspecified atom stereocenters. The highest BCUT2D eigenvalue weighted by molar-refractivity contribution is 7.15. The maximum Gasteiger partial charge on any atom is 0.445 e. The number of hydrogen-bond donors (Lipinski definition) is 2. The number of alkyl halides is 3. The molecule has 0 spiro atoms. The highest BCUT2D eigenvalue weighted by Gasteiger charge is 2.35. The lowest BCUT2D eigenvalue weighted by Crippen LogP contribution is -2.08. The van der Waals surface area contributed by atoms with E-state index in [2.05, 4.69) is 36.1 Å². The van der Waals surface area contributed by atoms with Crippen LogP contribution in [0.25, 0.3) is 0 Å². The van der Waals surface area contributed by atoms with Gasteiger partial charge in [-0.25, -0.2) is 0 Å². The van der Waals surface area contributed by atoms with Crippen molar-refractivity contribution in [2.24, 2.45) is 0 Å². The molecule has 2 aromatic heterocycles. The number of hydrogen-bond acceptors (Lipinski definition) is 7. The maximum atomic E-state index is 12.3. The molecule has 2 heterocycles. The highest BCUT2D eigenvalue weighted by Crippen LogP contribution is 2.33. The van der Waals surface area contributed by atoms with Gasteiger partial charge in [-0.15, -0.1) is 20.4 Å². The third-order valence-corrected chi connectivity index (χ3v) is 2.66. The summed E-state index contributed by atoms with van der Waals surface area (Å²) in [7, 11) is 0. The van der Waals surface area contributed by atoms with Crippen LogP contribution in [0.1, 0.15) is 23.8 Å². The van der Waals surface area contributed by atoms with Gasteiger partial charge in [-0.05, 0) is 6.92 Å². The number of aromatic nitrogens is 6. The van der Waals surface area contributed by atoms with Gasteiger partial charge in [-0.2, -0.15) is 18.4 Å². The van der Waals surface area contributed by atoms with E-state index in [9.17, 15) is 13.2 Å². The lowest BCUT2D eigenvalue weighted by Gasteiger charge is -2.06. The summed E-state index contributed by atoms with van der Waals surface area (Å²) in [5, 5.41) is 21.1. The van der Waals surface area contributed by atoms with E-state index in [1.54, 1.807) is 6.92 Å². The predicted octanol–water partition coefficient (Wildman–Crippen LogP) is 1.24. The van der Waals surface area contributed by atoms with Crippen LogP contribution in [-0.2, 0) is 6.18 Å². The van der Waals surface area contributed by atoms with Crippen molar-refractivity contribution in [3.05, 3.63) is 10.8 Å². The van der Waals surface area contributed by atoms with E-state index < -0.39 is 17.2 Å². The van der Waals surface area contributed by atoms with E-state index in [-0.39, 0.29) is 5.13 Å². The average Bonchev–Trinajstić information content (AvgIpc) is 2.85. The Morgan fingerprint density at radius 3 is 2.59 bits per heavy atom. The Morgan fingerprint density at radius 1 is 1.29 bits per heavy atom. The minimum absolute atomic E-state index is 0.0506. The van der Waals surface area contributed by atoms with E-state index in [1.165, 1.54) is 0 Å². The van der Waals surface area contributed by atoms with Crippen molar-refractivity contribution < 1.29 is 13.2 Å². The van der Waals surface area contributed by atoms with Crippen LogP contribution < -0.4 is 5.32 Å². The second-order valence-electron chi connectivity index (χ2n) is 3.05. The summed E-state index contributed by atoms with van der Waals surface area (Å²) in [6, 6.07) is -0.414. The molecule has 0 saturated carbocycles. The minimum atomic E-state index is -4.48. The van der Waals surface area contributed by atoms with Crippen molar-refractivity contribution in [3.8, 4) is 0 Å². The second-order valence-corrected chi connectivity index (χ2v) is 4.02. The van der Waals surface area contributed by atoms with Crippen molar-refractivity contribution in [1.29, 1.82) is 0 Å². The smallest absolute Gasteiger partial charge is 0.350 e. The molecule has 0 saturated heterocycles. The molecule has 0 aliphatic rings. The normalized spacial score (nSPS) is 13.6. The topological polar surface area (TPSA) is 92.3 Å². The summed E-state index contributed by atoms with van der Waals surface area (Å²) < 4.78 is 36.8. The number of aromatic amines is 1. The van der Waals surface area contributed by atoms with Crippen molar-refractivity contribution in [1.82, 2.24) is 30.8 Å². The Balaban J connectivity index is 2.07. The van der Waals surface area contributed by atoms with Gasteiger partial charge < -0.3 is 5.32 Å². The van der Waals surface area contributed by atoms with Crippen LogP contribution >= 0.6 is 11.3 Å². The zero-order valence-electron chi connectivity index (χ0n) is 8.36. The van der Waals surface area contributed by atoms with Gasteiger partial charge in [0.2, 0.25) is 10.1 Å². The van der Waals surface area contributed by atoms with Gasteiger partial charge in [0.15, 0.2) is 5.82 Å².